The van der Waals surface area contributed by atoms with Crippen LogP contribution in [0.15, 0.2) is 73.3 Å². The number of urea groups is 1. The van der Waals surface area contributed by atoms with Crippen molar-refractivity contribution < 1.29 is 28.8 Å². The van der Waals surface area contributed by atoms with E-state index in [0.29, 0.717) is 37.9 Å². The molecule has 2 aromatic carbocycles. The van der Waals surface area contributed by atoms with Gasteiger partial charge in [0, 0.05) is 54.8 Å². The molecule has 298 valence electrons. The molecule has 5 rings (SSSR count). The molecule has 1 aliphatic rings. The summed E-state index contributed by atoms with van der Waals surface area (Å²) in [4.78, 5) is 91.0. The van der Waals surface area contributed by atoms with E-state index in [1.54, 1.807) is 36.7 Å². The number of aromatic amines is 2. The molecule has 13 N–H and O–H groups in total. The summed E-state index contributed by atoms with van der Waals surface area (Å²) in [6.07, 6.45) is 7.36. The summed E-state index contributed by atoms with van der Waals surface area (Å²) in [5.41, 5.74) is 25.1. The van der Waals surface area contributed by atoms with E-state index in [4.69, 9.17) is 17.2 Å². The van der Waals surface area contributed by atoms with Crippen LogP contribution in [0.25, 0.3) is 10.9 Å². The molecule has 1 saturated heterocycles. The van der Waals surface area contributed by atoms with Gasteiger partial charge in [-0.25, -0.2) is 15.2 Å². The van der Waals surface area contributed by atoms with Crippen molar-refractivity contribution in [2.45, 2.75) is 81.6 Å². The fourth-order valence-electron chi connectivity index (χ4n) is 6.67. The number of carbonyl (C=O) groups is 6. The molecule has 0 bridgehead atoms. The first-order valence-electron chi connectivity index (χ1n) is 18.6. The van der Waals surface area contributed by atoms with E-state index >= 15 is 0 Å². The molecule has 0 spiro atoms. The summed E-state index contributed by atoms with van der Waals surface area (Å²) in [6.45, 7) is 0.615. The summed E-state index contributed by atoms with van der Waals surface area (Å²) < 4.78 is 0. The van der Waals surface area contributed by atoms with Crippen LogP contribution in [0.3, 0.4) is 0 Å². The highest BCUT2D eigenvalue weighted by atomic mass is 16.2. The van der Waals surface area contributed by atoms with Gasteiger partial charge in [-0.3, -0.25) is 29.4 Å². The third kappa shape index (κ3) is 11.1. The second kappa shape index (κ2) is 19.9. The molecule has 1 fully saturated rings. The molecule has 2 aromatic heterocycles. The Hall–Kier alpha value is -6.27. The Labute approximate surface area is 323 Å². The van der Waals surface area contributed by atoms with Crippen LogP contribution >= 0.6 is 0 Å². The van der Waals surface area contributed by atoms with Crippen molar-refractivity contribution in [3.05, 3.63) is 90.1 Å². The van der Waals surface area contributed by atoms with Crippen LogP contribution in [0.2, 0.25) is 0 Å². The Morgan fingerprint density at radius 1 is 0.821 bits per heavy atom. The van der Waals surface area contributed by atoms with Gasteiger partial charge in [-0.15, -0.1) is 0 Å². The molecular formula is C38H50N12O6. The second-order valence-corrected chi connectivity index (χ2v) is 13.8. The topological polar surface area (TPSA) is 288 Å². The van der Waals surface area contributed by atoms with Crippen LogP contribution in [0, 0.1) is 0 Å². The zero-order chi connectivity index (χ0) is 40.0. The maximum Gasteiger partial charge on any atom is 0.336 e. The molecule has 18 nitrogen and oxygen atoms in total. The first kappa shape index (κ1) is 40.9. The summed E-state index contributed by atoms with van der Waals surface area (Å²) in [7, 11) is 0. The van der Waals surface area contributed by atoms with Crippen LogP contribution in [0.5, 0.6) is 0 Å². The van der Waals surface area contributed by atoms with Gasteiger partial charge in [0.2, 0.25) is 23.6 Å². The van der Waals surface area contributed by atoms with Crippen molar-refractivity contribution in [2.75, 3.05) is 13.1 Å². The van der Waals surface area contributed by atoms with Crippen molar-refractivity contribution >= 4 is 46.5 Å². The molecule has 18 heteroatoms. The number of unbranched alkanes of at least 4 members (excludes halogenated alkanes) is 1. The average molecular weight is 771 g/mol. The number of hydrogen-bond donors (Lipinski definition) is 10. The van der Waals surface area contributed by atoms with E-state index in [0.717, 1.165) is 22.0 Å². The lowest BCUT2D eigenvalue weighted by atomic mass is 10.0. The van der Waals surface area contributed by atoms with Gasteiger partial charge in [0.15, 0.2) is 0 Å². The van der Waals surface area contributed by atoms with Gasteiger partial charge >= 0.3 is 6.03 Å². The standard InChI is InChI=1S/C38H50N12O6/c39-15-7-6-13-29(33(41)51)45-35(53)30(17-23-9-2-1-3-10-23)47-37(55)32-14-8-16-50(32)38(56)49-48-36(54)31(18-24-20-43-28-12-5-4-11-26(24)28)46-34(52)27(40)19-25-21-42-22-44-25/h1-5,9-12,20-22,27,29-32,43H,6-8,13-19,39-40H2,(H2,41,51)(H,42,44)(H,45,53)(H,46,52)(H,47,55)(H,48,54)(H,49,56)/t27-,29-,30+,31+,32-/m0/s1. The van der Waals surface area contributed by atoms with Crippen molar-refractivity contribution in [1.29, 1.82) is 0 Å². The van der Waals surface area contributed by atoms with E-state index in [1.165, 1.54) is 11.2 Å². The van der Waals surface area contributed by atoms with Crippen molar-refractivity contribution in [2.24, 2.45) is 17.2 Å². The van der Waals surface area contributed by atoms with Gasteiger partial charge in [0.05, 0.1) is 12.4 Å². The number of para-hydroxylation sites is 1. The van der Waals surface area contributed by atoms with Gasteiger partial charge < -0.3 is 48.0 Å². The van der Waals surface area contributed by atoms with E-state index in [1.807, 2.05) is 30.3 Å². The Kier molecular flexibility index (Phi) is 14.5. The highest BCUT2D eigenvalue weighted by Gasteiger charge is 2.37. The fraction of sp³-hybridized carbons (Fsp3) is 0.395. The van der Waals surface area contributed by atoms with Gasteiger partial charge in [-0.05, 0) is 55.8 Å². The largest absolute Gasteiger partial charge is 0.368 e. The molecule has 56 heavy (non-hydrogen) atoms. The zero-order valence-electron chi connectivity index (χ0n) is 31.0. The first-order valence-corrected chi connectivity index (χ1v) is 18.6. The predicted molar refractivity (Wildman–Crippen MR) is 207 cm³/mol. The number of hydrazine groups is 1. The van der Waals surface area contributed by atoms with Crippen LogP contribution in [0.1, 0.15) is 48.9 Å². The fourth-order valence-corrected chi connectivity index (χ4v) is 6.67. The minimum absolute atomic E-state index is 0.0669. The summed E-state index contributed by atoms with van der Waals surface area (Å²) in [6, 6.07) is 10.6. The number of nitrogens with two attached hydrogens (primary N) is 3. The van der Waals surface area contributed by atoms with Crippen LogP contribution in [-0.2, 0) is 43.2 Å². The molecule has 4 aromatic rings. The number of amides is 7. The monoisotopic (exact) mass is 770 g/mol. The predicted octanol–water partition coefficient (Wildman–Crippen LogP) is -0.480. The minimum Gasteiger partial charge on any atom is -0.368 e. The molecule has 1 aliphatic heterocycles. The van der Waals surface area contributed by atoms with Crippen molar-refractivity contribution in [3.8, 4) is 0 Å². The molecular weight excluding hydrogens is 720 g/mol. The third-order valence-corrected chi connectivity index (χ3v) is 9.69. The number of aromatic nitrogens is 3. The van der Waals surface area contributed by atoms with E-state index < -0.39 is 65.8 Å². The van der Waals surface area contributed by atoms with Gasteiger partial charge in [0.25, 0.3) is 5.91 Å². The molecule has 0 aliphatic carbocycles. The van der Waals surface area contributed by atoms with Crippen LogP contribution in [-0.4, -0.2) is 98.7 Å². The average Bonchev–Trinajstić information content (AvgIpc) is 3.98. The number of primary amides is 1. The lowest BCUT2D eigenvalue weighted by molar-refractivity contribution is -0.132. The highest BCUT2D eigenvalue weighted by Crippen LogP contribution is 2.20. The number of imidazole rings is 1. The molecule has 0 saturated carbocycles. The lowest BCUT2D eigenvalue weighted by Gasteiger charge is -2.28. The number of benzene rings is 2. The maximum absolute atomic E-state index is 13.8. The Balaban J connectivity index is 1.24. The lowest BCUT2D eigenvalue weighted by Crippen LogP contribution is -2.60. The number of H-pyrrole nitrogens is 2. The molecule has 7 amide bonds. The quantitative estimate of drug-likeness (QED) is 0.0461. The highest BCUT2D eigenvalue weighted by molar-refractivity contribution is 5.95. The Bertz CT molecular complexity index is 1950. The molecule has 0 radical (unpaired) electrons. The Morgan fingerprint density at radius 2 is 1.55 bits per heavy atom. The third-order valence-electron chi connectivity index (χ3n) is 9.69. The number of nitrogens with zero attached hydrogens (tertiary/aromatic N) is 2. The molecule has 5 atom stereocenters. The van der Waals surface area contributed by atoms with Crippen LogP contribution < -0.4 is 44.0 Å². The number of hydrogen-bond acceptors (Lipinski definition) is 9. The van der Waals surface area contributed by atoms with Crippen LogP contribution in [0.4, 0.5) is 4.79 Å². The van der Waals surface area contributed by atoms with E-state index in [-0.39, 0.29) is 32.2 Å². The first-order chi connectivity index (χ1) is 27.0. The number of likely N-dealkylation sites (tertiary alicyclic amines) is 1. The van der Waals surface area contributed by atoms with Crippen molar-refractivity contribution in [3.63, 3.8) is 0 Å². The minimum atomic E-state index is -1.15. The number of rotatable bonds is 18. The normalized spacial score (nSPS) is 16.0. The molecule has 0 unspecified atom stereocenters. The Morgan fingerprint density at radius 3 is 2.29 bits per heavy atom. The SMILES string of the molecule is NCCCC[C@H](NC(=O)[C@@H](Cc1ccccc1)NC(=O)[C@@H]1CCCN1C(=O)NNC(=O)[C@@H](Cc1c[nH]c2ccccc12)NC(=O)[C@@H](N)Cc1cnc[nH]1)C(N)=O. The van der Waals surface area contributed by atoms with Gasteiger partial charge in [-0.2, -0.15) is 0 Å². The summed E-state index contributed by atoms with van der Waals surface area (Å²) in [5, 5.41) is 9.01. The molecule has 3 heterocycles. The second-order valence-electron chi connectivity index (χ2n) is 13.8. The van der Waals surface area contributed by atoms with E-state index in [2.05, 4.69) is 41.8 Å². The number of fused-ring (bicyclic) bond motifs is 1. The zero-order valence-corrected chi connectivity index (χ0v) is 31.0. The van der Waals surface area contributed by atoms with Crippen molar-refractivity contribution in [1.82, 2.24) is 46.7 Å². The number of nitrogens with one attached hydrogen (secondary N) is 7. The summed E-state index contributed by atoms with van der Waals surface area (Å²) >= 11 is 0. The summed E-state index contributed by atoms with van der Waals surface area (Å²) in [5.74, 6) is -3.21. The van der Waals surface area contributed by atoms with Gasteiger partial charge in [0.1, 0.15) is 24.2 Å². The number of carbonyl (C=O) groups excluding carboxylic acids is 6. The van der Waals surface area contributed by atoms with Gasteiger partial charge in [-0.1, -0.05) is 48.5 Å². The maximum atomic E-state index is 13.8. The smallest absolute Gasteiger partial charge is 0.336 e. The van der Waals surface area contributed by atoms with E-state index in [9.17, 15) is 28.8 Å².